The Morgan fingerprint density at radius 3 is 2.43 bits per heavy atom. The Bertz CT molecular complexity index is 306. The quantitative estimate of drug-likeness (QED) is 0.377. The number of hydrogen-bond donors (Lipinski definition) is 3. The lowest BCUT2D eigenvalue weighted by molar-refractivity contribution is -0.211. The van der Waals surface area contributed by atoms with Gasteiger partial charge in [-0.05, 0) is 25.7 Å². The molecular formula is C18H34O5. The maximum Gasteiger partial charge on any atom is 0.114 e. The predicted molar refractivity (Wildman–Crippen MR) is 90.3 cm³/mol. The molecule has 1 fully saturated rings. The first-order valence-electron chi connectivity index (χ1n) is 9.05. The van der Waals surface area contributed by atoms with Crippen LogP contribution in [0.25, 0.3) is 0 Å². The molecule has 0 aromatic heterocycles. The first-order valence-corrected chi connectivity index (χ1v) is 9.05. The first-order chi connectivity index (χ1) is 11.2. The zero-order chi connectivity index (χ0) is 16.9. The Morgan fingerprint density at radius 2 is 1.74 bits per heavy atom. The van der Waals surface area contributed by atoms with E-state index in [1.807, 2.05) is 0 Å². The smallest absolute Gasteiger partial charge is 0.114 e. The molecule has 136 valence electrons. The lowest BCUT2D eigenvalue weighted by Gasteiger charge is -2.37. The van der Waals surface area contributed by atoms with Gasteiger partial charge in [0.25, 0.3) is 0 Å². The van der Waals surface area contributed by atoms with E-state index in [2.05, 4.69) is 19.1 Å². The fourth-order valence-corrected chi connectivity index (χ4v) is 2.74. The molecule has 0 amide bonds. The molecule has 0 aromatic rings. The van der Waals surface area contributed by atoms with Crippen LogP contribution >= 0.6 is 0 Å². The van der Waals surface area contributed by atoms with E-state index in [0.29, 0.717) is 6.61 Å². The summed E-state index contributed by atoms with van der Waals surface area (Å²) in [7, 11) is 0. The molecule has 0 aromatic carbocycles. The highest BCUT2D eigenvalue weighted by atomic mass is 16.6. The second kappa shape index (κ2) is 12.9. The Kier molecular flexibility index (Phi) is 11.5. The molecule has 0 saturated carbocycles. The molecule has 5 nitrogen and oxygen atoms in total. The largest absolute Gasteiger partial charge is 0.394 e. The van der Waals surface area contributed by atoms with E-state index in [-0.39, 0.29) is 13.2 Å². The van der Waals surface area contributed by atoms with Crippen LogP contribution < -0.4 is 0 Å². The van der Waals surface area contributed by atoms with E-state index >= 15 is 0 Å². The van der Waals surface area contributed by atoms with Crippen molar-refractivity contribution in [2.45, 2.75) is 82.7 Å². The highest BCUT2D eigenvalue weighted by Gasteiger charge is 2.39. The molecular weight excluding hydrogens is 296 g/mol. The molecule has 1 saturated heterocycles. The van der Waals surface area contributed by atoms with Crippen molar-refractivity contribution < 1.29 is 24.8 Å². The van der Waals surface area contributed by atoms with E-state index in [9.17, 15) is 15.3 Å². The summed E-state index contributed by atoms with van der Waals surface area (Å²) in [5, 5.41) is 28.7. The van der Waals surface area contributed by atoms with Crippen molar-refractivity contribution in [1.82, 2.24) is 0 Å². The van der Waals surface area contributed by atoms with E-state index < -0.39 is 24.4 Å². The summed E-state index contributed by atoms with van der Waals surface area (Å²) in [6.45, 7) is 2.53. The van der Waals surface area contributed by atoms with Crippen LogP contribution in [0.5, 0.6) is 0 Å². The molecule has 5 heteroatoms. The number of ether oxygens (including phenoxy) is 2. The summed E-state index contributed by atoms with van der Waals surface area (Å²) in [5.41, 5.74) is 0. The van der Waals surface area contributed by atoms with E-state index in [1.165, 1.54) is 32.1 Å². The molecule has 0 aliphatic carbocycles. The van der Waals surface area contributed by atoms with Crippen LogP contribution in [0.4, 0.5) is 0 Å². The molecule has 1 heterocycles. The molecule has 0 spiro atoms. The fourth-order valence-electron chi connectivity index (χ4n) is 2.74. The summed E-state index contributed by atoms with van der Waals surface area (Å²) in [6, 6.07) is 0. The minimum atomic E-state index is -1.00. The number of aliphatic hydroxyl groups is 3. The third-order valence-electron chi connectivity index (χ3n) is 4.22. The third-order valence-corrected chi connectivity index (χ3v) is 4.22. The van der Waals surface area contributed by atoms with Crippen molar-refractivity contribution in [3.63, 3.8) is 0 Å². The summed E-state index contributed by atoms with van der Waals surface area (Å²) in [5.74, 6) is 0. The second-order valence-electron chi connectivity index (χ2n) is 6.26. The van der Waals surface area contributed by atoms with Gasteiger partial charge in [-0.15, -0.1) is 0 Å². The normalized spacial score (nSPS) is 28.5. The van der Waals surface area contributed by atoms with Gasteiger partial charge in [0.05, 0.1) is 13.2 Å². The van der Waals surface area contributed by atoms with E-state index in [0.717, 1.165) is 19.3 Å². The van der Waals surface area contributed by atoms with Crippen molar-refractivity contribution in [1.29, 1.82) is 0 Å². The molecule has 0 bridgehead atoms. The number of unbranched alkanes of at least 4 members (excludes halogenated alkanes) is 6. The minimum Gasteiger partial charge on any atom is -0.394 e. The molecule has 0 unspecified atom stereocenters. The zero-order valence-corrected chi connectivity index (χ0v) is 14.4. The van der Waals surface area contributed by atoms with Gasteiger partial charge in [-0.2, -0.15) is 0 Å². The SMILES string of the molecule is CCCCCCC/C=C/CCCO[C@H]1[C@H](O)[C@@H](O)CO[C@@H]1CO. The van der Waals surface area contributed by atoms with Crippen LogP contribution in [0.3, 0.4) is 0 Å². The van der Waals surface area contributed by atoms with Gasteiger partial charge in [-0.1, -0.05) is 44.8 Å². The Labute approximate surface area is 140 Å². The van der Waals surface area contributed by atoms with Crippen LogP contribution in [0.15, 0.2) is 12.2 Å². The maximum absolute atomic E-state index is 9.92. The number of aliphatic hydroxyl groups excluding tert-OH is 3. The predicted octanol–water partition coefficient (Wildman–Crippen LogP) is 2.18. The summed E-state index contributed by atoms with van der Waals surface area (Å²) < 4.78 is 10.9. The molecule has 1 aliphatic rings. The third kappa shape index (κ3) is 8.27. The standard InChI is InChI=1S/C18H34O5/c1-2-3-4-5-6-7-8-9-10-11-12-22-18-16(13-19)23-14-15(20)17(18)21/h8-9,15-21H,2-7,10-14H2,1H3/b9-8+/t15-,16+,17+,18+/m0/s1. The van der Waals surface area contributed by atoms with E-state index in [4.69, 9.17) is 9.47 Å². The second-order valence-corrected chi connectivity index (χ2v) is 6.26. The van der Waals surface area contributed by atoms with Gasteiger partial charge in [0.2, 0.25) is 0 Å². The van der Waals surface area contributed by atoms with Gasteiger partial charge in [0, 0.05) is 6.61 Å². The molecule has 1 aliphatic heterocycles. The van der Waals surface area contributed by atoms with Crippen LogP contribution in [0.1, 0.15) is 58.3 Å². The minimum absolute atomic E-state index is 0.0350. The van der Waals surface area contributed by atoms with Crippen molar-refractivity contribution in [3.8, 4) is 0 Å². The average Bonchev–Trinajstić information content (AvgIpc) is 2.56. The Balaban J connectivity index is 2.06. The van der Waals surface area contributed by atoms with Crippen molar-refractivity contribution >= 4 is 0 Å². The van der Waals surface area contributed by atoms with Crippen LogP contribution in [0, 0.1) is 0 Å². The average molecular weight is 330 g/mol. The number of allylic oxidation sites excluding steroid dienone is 2. The lowest BCUT2D eigenvalue weighted by atomic mass is 10.0. The molecule has 4 atom stereocenters. The molecule has 0 radical (unpaired) electrons. The molecule has 1 rings (SSSR count). The number of rotatable bonds is 12. The first kappa shape index (κ1) is 20.6. The molecule has 3 N–H and O–H groups in total. The van der Waals surface area contributed by atoms with Gasteiger partial charge in [-0.3, -0.25) is 0 Å². The summed E-state index contributed by atoms with van der Waals surface area (Å²) >= 11 is 0. The van der Waals surface area contributed by atoms with Crippen molar-refractivity contribution in [2.75, 3.05) is 19.8 Å². The number of hydrogen-bond acceptors (Lipinski definition) is 5. The van der Waals surface area contributed by atoms with Gasteiger partial charge in [0.1, 0.15) is 24.4 Å². The highest BCUT2D eigenvalue weighted by molar-refractivity contribution is 4.88. The molecule has 23 heavy (non-hydrogen) atoms. The highest BCUT2D eigenvalue weighted by Crippen LogP contribution is 2.19. The zero-order valence-electron chi connectivity index (χ0n) is 14.4. The van der Waals surface area contributed by atoms with Crippen molar-refractivity contribution in [2.24, 2.45) is 0 Å². The monoisotopic (exact) mass is 330 g/mol. The fraction of sp³-hybridized carbons (Fsp3) is 0.889. The maximum atomic E-state index is 9.92. The van der Waals surface area contributed by atoms with Crippen LogP contribution in [0.2, 0.25) is 0 Å². The van der Waals surface area contributed by atoms with Crippen LogP contribution in [-0.4, -0.2) is 59.6 Å². The topological polar surface area (TPSA) is 79.2 Å². The Morgan fingerprint density at radius 1 is 1.04 bits per heavy atom. The lowest BCUT2D eigenvalue weighted by Crippen LogP contribution is -2.55. The Hall–Kier alpha value is -0.460. The van der Waals surface area contributed by atoms with Gasteiger partial charge in [0.15, 0.2) is 0 Å². The summed E-state index contributed by atoms with van der Waals surface area (Å²) in [6.07, 6.45) is 10.7. The van der Waals surface area contributed by atoms with Crippen molar-refractivity contribution in [3.05, 3.63) is 12.2 Å². The van der Waals surface area contributed by atoms with E-state index in [1.54, 1.807) is 0 Å². The summed E-state index contributed by atoms with van der Waals surface area (Å²) in [4.78, 5) is 0. The van der Waals surface area contributed by atoms with Gasteiger partial charge < -0.3 is 24.8 Å². The van der Waals surface area contributed by atoms with Crippen LogP contribution in [-0.2, 0) is 9.47 Å². The van der Waals surface area contributed by atoms with Gasteiger partial charge >= 0.3 is 0 Å². The van der Waals surface area contributed by atoms with Gasteiger partial charge in [-0.25, -0.2) is 0 Å².